The lowest BCUT2D eigenvalue weighted by atomic mass is 10.1. The smallest absolute Gasteiger partial charge is 0.325 e. The number of carboxylic acids is 1. The molecule has 3 unspecified atom stereocenters. The van der Waals surface area contributed by atoms with Crippen LogP contribution in [0.1, 0.15) is 31.9 Å². The van der Waals surface area contributed by atoms with Gasteiger partial charge in [0.15, 0.2) is 0 Å². The monoisotopic (exact) mass is 354 g/mol. The highest BCUT2D eigenvalue weighted by Crippen LogP contribution is 2.03. The Labute approximate surface area is 145 Å². The highest BCUT2D eigenvalue weighted by atomic mass is 16.4. The molecule has 0 radical (unpaired) electrons. The van der Waals surface area contributed by atoms with E-state index in [9.17, 15) is 14.4 Å². The first-order chi connectivity index (χ1) is 11.8. The minimum absolute atomic E-state index is 0.245. The van der Waals surface area contributed by atoms with Gasteiger partial charge >= 0.3 is 5.97 Å². The predicted molar refractivity (Wildman–Crippen MR) is 90.3 cm³/mol. The molecular weight excluding hydrogens is 328 g/mol. The average molecular weight is 354 g/mol. The van der Waals surface area contributed by atoms with E-state index in [0.29, 0.717) is 31.5 Å². The maximum atomic E-state index is 12.2. The van der Waals surface area contributed by atoms with Gasteiger partial charge in [-0.2, -0.15) is 0 Å². The highest BCUT2D eigenvalue weighted by Gasteiger charge is 2.26. The second-order valence-corrected chi connectivity index (χ2v) is 5.80. The molecule has 140 valence electrons. The van der Waals surface area contributed by atoms with Crippen LogP contribution in [0.4, 0.5) is 0 Å². The summed E-state index contributed by atoms with van der Waals surface area (Å²) in [6, 6.07) is -2.78. The molecule has 8 N–H and O–H groups in total. The first-order valence-corrected chi connectivity index (χ1v) is 8.11. The van der Waals surface area contributed by atoms with Gasteiger partial charge in [-0.25, -0.2) is 4.98 Å². The standard InChI is InChI=1S/C15H26N6O4/c1-9(15(24)25)20-14(23)12(4-2-3-5-16)21-13(22)11(17)6-10-7-18-8-19-10/h7-9,11-12H,2-6,16-17H2,1H3,(H,18,19)(H,20,23)(H,21,22)(H,24,25). The number of aromatic nitrogens is 2. The van der Waals surface area contributed by atoms with Crippen molar-refractivity contribution >= 4 is 17.8 Å². The fourth-order valence-corrected chi connectivity index (χ4v) is 2.14. The van der Waals surface area contributed by atoms with Crippen molar-refractivity contribution in [2.45, 2.75) is 50.7 Å². The van der Waals surface area contributed by atoms with E-state index in [0.717, 1.165) is 0 Å². The number of nitrogens with zero attached hydrogens (tertiary/aromatic N) is 1. The van der Waals surface area contributed by atoms with Crippen LogP contribution in [0.2, 0.25) is 0 Å². The number of nitrogens with one attached hydrogen (secondary N) is 3. The van der Waals surface area contributed by atoms with Crippen molar-refractivity contribution in [1.82, 2.24) is 20.6 Å². The van der Waals surface area contributed by atoms with Crippen LogP contribution in [0, 0.1) is 0 Å². The molecule has 0 bridgehead atoms. The van der Waals surface area contributed by atoms with Gasteiger partial charge in [-0.3, -0.25) is 14.4 Å². The first kappa shape index (κ1) is 20.6. The molecule has 0 aliphatic heterocycles. The summed E-state index contributed by atoms with van der Waals surface area (Å²) in [4.78, 5) is 42.1. The zero-order valence-corrected chi connectivity index (χ0v) is 14.2. The first-order valence-electron chi connectivity index (χ1n) is 8.11. The predicted octanol–water partition coefficient (Wildman–Crippen LogP) is -1.52. The molecule has 0 aromatic carbocycles. The summed E-state index contributed by atoms with van der Waals surface area (Å²) in [5.74, 6) is -2.21. The quantitative estimate of drug-likeness (QED) is 0.261. The van der Waals surface area contributed by atoms with E-state index in [1.807, 2.05) is 0 Å². The normalized spacial score (nSPS) is 14.4. The van der Waals surface area contributed by atoms with Crippen molar-refractivity contribution in [2.75, 3.05) is 6.54 Å². The van der Waals surface area contributed by atoms with E-state index in [1.54, 1.807) is 6.20 Å². The Morgan fingerprint density at radius 3 is 2.56 bits per heavy atom. The van der Waals surface area contributed by atoms with E-state index in [1.165, 1.54) is 13.3 Å². The van der Waals surface area contributed by atoms with Gasteiger partial charge in [-0.15, -0.1) is 0 Å². The largest absolute Gasteiger partial charge is 0.480 e. The molecule has 0 aliphatic rings. The summed E-state index contributed by atoms with van der Waals surface area (Å²) < 4.78 is 0. The molecule has 25 heavy (non-hydrogen) atoms. The van der Waals surface area contributed by atoms with Crippen LogP contribution >= 0.6 is 0 Å². The Kier molecular flexibility index (Phi) is 8.57. The molecule has 10 nitrogen and oxygen atoms in total. The minimum Gasteiger partial charge on any atom is -0.480 e. The molecule has 3 atom stereocenters. The van der Waals surface area contributed by atoms with E-state index in [2.05, 4.69) is 20.6 Å². The number of carboxylic acid groups (broad SMARTS) is 1. The summed E-state index contributed by atoms with van der Waals surface area (Å²) in [5, 5.41) is 13.8. The molecular formula is C15H26N6O4. The van der Waals surface area contributed by atoms with Crippen molar-refractivity contribution < 1.29 is 19.5 Å². The van der Waals surface area contributed by atoms with Crippen LogP contribution in [-0.4, -0.2) is 57.5 Å². The van der Waals surface area contributed by atoms with Gasteiger partial charge in [0.2, 0.25) is 11.8 Å². The lowest BCUT2D eigenvalue weighted by molar-refractivity contribution is -0.141. The number of unbranched alkanes of at least 4 members (excludes halogenated alkanes) is 1. The Morgan fingerprint density at radius 1 is 1.28 bits per heavy atom. The Morgan fingerprint density at radius 2 is 2.00 bits per heavy atom. The average Bonchev–Trinajstić information content (AvgIpc) is 3.06. The molecule has 0 aliphatic carbocycles. The number of H-pyrrole nitrogens is 1. The van der Waals surface area contributed by atoms with E-state index in [-0.39, 0.29) is 6.42 Å². The van der Waals surface area contributed by atoms with Crippen molar-refractivity contribution in [3.8, 4) is 0 Å². The molecule has 0 spiro atoms. The topological polar surface area (TPSA) is 176 Å². The van der Waals surface area contributed by atoms with Gasteiger partial charge in [-0.05, 0) is 32.7 Å². The van der Waals surface area contributed by atoms with Crippen LogP contribution in [-0.2, 0) is 20.8 Å². The van der Waals surface area contributed by atoms with Crippen LogP contribution < -0.4 is 22.1 Å². The number of aromatic amines is 1. The Hall–Kier alpha value is -2.46. The third-order valence-corrected chi connectivity index (χ3v) is 3.64. The Bertz CT molecular complexity index is 562. The third-order valence-electron chi connectivity index (χ3n) is 3.64. The Balaban J connectivity index is 2.65. The van der Waals surface area contributed by atoms with E-state index in [4.69, 9.17) is 16.6 Å². The molecule has 0 fully saturated rings. The fraction of sp³-hybridized carbons (Fsp3) is 0.600. The molecule has 2 amide bonds. The van der Waals surface area contributed by atoms with Crippen LogP contribution in [0.25, 0.3) is 0 Å². The highest BCUT2D eigenvalue weighted by molar-refractivity contribution is 5.91. The maximum absolute atomic E-state index is 12.2. The number of nitrogens with two attached hydrogens (primary N) is 2. The lowest BCUT2D eigenvalue weighted by Crippen LogP contribution is -2.54. The van der Waals surface area contributed by atoms with Gasteiger partial charge in [0.05, 0.1) is 12.4 Å². The summed E-state index contributed by atoms with van der Waals surface area (Å²) in [6.45, 7) is 1.82. The summed E-state index contributed by atoms with van der Waals surface area (Å²) in [6.07, 6.45) is 4.94. The number of aliphatic carboxylic acids is 1. The van der Waals surface area contributed by atoms with Crippen molar-refractivity contribution in [3.63, 3.8) is 0 Å². The summed E-state index contributed by atoms with van der Waals surface area (Å²) >= 11 is 0. The maximum Gasteiger partial charge on any atom is 0.325 e. The van der Waals surface area contributed by atoms with Gasteiger partial charge in [0.1, 0.15) is 12.1 Å². The zero-order valence-electron chi connectivity index (χ0n) is 14.2. The number of imidazole rings is 1. The number of carbonyl (C=O) groups is 3. The molecule has 1 rings (SSSR count). The SMILES string of the molecule is CC(NC(=O)C(CCCCN)NC(=O)C(N)Cc1cnc[nH]1)C(=O)O. The van der Waals surface area contributed by atoms with E-state index >= 15 is 0 Å². The molecule has 1 heterocycles. The summed E-state index contributed by atoms with van der Waals surface area (Å²) in [5.41, 5.74) is 12.0. The second-order valence-electron chi connectivity index (χ2n) is 5.80. The molecule has 1 aromatic rings. The number of amides is 2. The lowest BCUT2D eigenvalue weighted by Gasteiger charge is -2.21. The van der Waals surface area contributed by atoms with Crippen LogP contribution in [0.5, 0.6) is 0 Å². The third kappa shape index (κ3) is 7.31. The molecule has 0 saturated heterocycles. The summed E-state index contributed by atoms with van der Waals surface area (Å²) in [7, 11) is 0. The number of rotatable bonds is 11. The molecule has 10 heteroatoms. The van der Waals surface area contributed by atoms with Gasteiger partial charge in [0.25, 0.3) is 0 Å². The zero-order chi connectivity index (χ0) is 18.8. The number of hydrogen-bond donors (Lipinski definition) is 6. The van der Waals surface area contributed by atoms with E-state index < -0.39 is 35.9 Å². The van der Waals surface area contributed by atoms with Crippen LogP contribution in [0.3, 0.4) is 0 Å². The van der Waals surface area contributed by atoms with Crippen molar-refractivity contribution in [2.24, 2.45) is 11.5 Å². The molecule has 1 aromatic heterocycles. The van der Waals surface area contributed by atoms with Gasteiger partial charge in [0, 0.05) is 18.3 Å². The minimum atomic E-state index is -1.16. The number of hydrogen-bond acceptors (Lipinski definition) is 6. The number of carbonyl (C=O) groups excluding carboxylic acids is 2. The second kappa shape index (κ2) is 10.4. The van der Waals surface area contributed by atoms with Crippen LogP contribution in [0.15, 0.2) is 12.5 Å². The van der Waals surface area contributed by atoms with Crippen molar-refractivity contribution in [3.05, 3.63) is 18.2 Å². The van der Waals surface area contributed by atoms with Gasteiger partial charge in [-0.1, -0.05) is 0 Å². The van der Waals surface area contributed by atoms with Gasteiger partial charge < -0.3 is 32.2 Å². The fourth-order valence-electron chi connectivity index (χ4n) is 2.14. The van der Waals surface area contributed by atoms with Crippen molar-refractivity contribution in [1.29, 1.82) is 0 Å². The molecule has 0 saturated carbocycles.